The predicted octanol–water partition coefficient (Wildman–Crippen LogP) is 5.77. The zero-order chi connectivity index (χ0) is 12.1. The fraction of sp³-hybridized carbons (Fsp3) is 1.00. The van der Waals surface area contributed by atoms with Gasteiger partial charge in [0, 0.05) is 0 Å². The quantitative estimate of drug-likeness (QED) is 0.543. The molecule has 90 valence electrons. The van der Waals surface area contributed by atoms with Gasteiger partial charge in [0.25, 0.3) is 0 Å². The summed E-state index contributed by atoms with van der Waals surface area (Å²) in [7, 11) is 0. The van der Waals surface area contributed by atoms with Crippen LogP contribution >= 0.6 is 0 Å². The van der Waals surface area contributed by atoms with Crippen molar-refractivity contribution in [2.24, 2.45) is 17.8 Å². The number of hydrogen-bond donors (Lipinski definition) is 0. The predicted molar refractivity (Wildman–Crippen MR) is 70.8 cm³/mol. The summed E-state index contributed by atoms with van der Waals surface area (Å²) in [5, 5.41) is 0. The summed E-state index contributed by atoms with van der Waals surface area (Å²) in [5.74, 6) is 2.64. The van der Waals surface area contributed by atoms with E-state index in [1.54, 1.807) is 0 Å². The van der Waals surface area contributed by atoms with Gasteiger partial charge in [-0.3, -0.25) is 0 Å². The van der Waals surface area contributed by atoms with Crippen molar-refractivity contribution in [3.05, 3.63) is 0 Å². The maximum Gasteiger partial charge on any atom is -0.0420 e. The lowest BCUT2D eigenvalue weighted by Gasteiger charge is -2.15. The van der Waals surface area contributed by atoms with Crippen LogP contribution in [0.2, 0.25) is 0 Å². The molecule has 0 spiro atoms. The van der Waals surface area contributed by atoms with Gasteiger partial charge in [-0.15, -0.1) is 0 Å². The Hall–Kier alpha value is 0. The van der Waals surface area contributed by atoms with Crippen molar-refractivity contribution in [1.82, 2.24) is 0 Å². The van der Waals surface area contributed by atoms with Crippen LogP contribution in [0.3, 0.4) is 0 Å². The highest BCUT2D eigenvalue weighted by molar-refractivity contribution is 4.58. The van der Waals surface area contributed by atoms with E-state index in [1.165, 1.54) is 12.8 Å². The third-order valence-corrected chi connectivity index (χ3v) is 2.34. The fourth-order valence-corrected chi connectivity index (χ4v) is 0.930. The Balaban J connectivity index is -0.000000266. The molecule has 0 heterocycles. The van der Waals surface area contributed by atoms with E-state index in [-0.39, 0.29) is 0 Å². The van der Waals surface area contributed by atoms with Gasteiger partial charge in [0.05, 0.1) is 0 Å². The van der Waals surface area contributed by atoms with Crippen LogP contribution < -0.4 is 0 Å². The molecule has 0 rings (SSSR count). The molecule has 0 aromatic carbocycles. The second-order valence-corrected chi connectivity index (χ2v) is 4.19. The van der Waals surface area contributed by atoms with Gasteiger partial charge in [0.2, 0.25) is 0 Å². The normalized spacial score (nSPS) is 11.4. The van der Waals surface area contributed by atoms with Gasteiger partial charge >= 0.3 is 0 Å². The van der Waals surface area contributed by atoms with Crippen molar-refractivity contribution in [3.8, 4) is 0 Å². The molecule has 1 atom stereocenters. The molecule has 0 aromatic heterocycles. The van der Waals surface area contributed by atoms with E-state index in [9.17, 15) is 0 Å². The van der Waals surface area contributed by atoms with Crippen LogP contribution in [0.15, 0.2) is 0 Å². The monoisotopic (exact) mass is 202 g/mol. The first-order chi connectivity index (χ1) is 6.54. The molecule has 0 nitrogen and oxygen atoms in total. The molecule has 0 fully saturated rings. The zero-order valence-electron chi connectivity index (χ0n) is 12.1. The molecule has 1 unspecified atom stereocenters. The van der Waals surface area contributed by atoms with Gasteiger partial charge in [-0.05, 0) is 17.8 Å². The maximum absolute atomic E-state index is 2.35. The summed E-state index contributed by atoms with van der Waals surface area (Å²) in [6.07, 6.45) is 2.79. The van der Waals surface area contributed by atoms with Crippen LogP contribution in [-0.4, -0.2) is 0 Å². The molecular formula is C14H34. The minimum absolute atomic E-state index is 0.860. The Morgan fingerprint density at radius 2 is 1.00 bits per heavy atom. The second kappa shape index (κ2) is 15.5. The molecule has 0 radical (unpaired) electrons. The minimum Gasteiger partial charge on any atom is -0.0683 e. The van der Waals surface area contributed by atoms with Crippen LogP contribution in [-0.2, 0) is 0 Å². The molecule has 0 aliphatic rings. The minimum atomic E-state index is 0.860. The largest absolute Gasteiger partial charge is 0.0683 e. The fourth-order valence-electron chi connectivity index (χ4n) is 0.930. The Morgan fingerprint density at radius 3 is 1.21 bits per heavy atom. The molecule has 0 saturated carbocycles. The summed E-state index contributed by atoms with van der Waals surface area (Å²) in [5.41, 5.74) is 0. The van der Waals surface area contributed by atoms with Crippen LogP contribution in [0.1, 0.15) is 75.2 Å². The molecule has 14 heavy (non-hydrogen) atoms. The van der Waals surface area contributed by atoms with E-state index in [0.717, 1.165) is 17.8 Å². The van der Waals surface area contributed by atoms with Crippen molar-refractivity contribution in [2.45, 2.75) is 75.2 Å². The first kappa shape index (κ1) is 19.6. The molecular weight excluding hydrogens is 168 g/mol. The molecule has 0 heteroatoms. The highest BCUT2D eigenvalue weighted by atomic mass is 14.1. The van der Waals surface area contributed by atoms with E-state index >= 15 is 0 Å². The third-order valence-electron chi connectivity index (χ3n) is 2.34. The molecule has 0 bridgehead atoms. The third kappa shape index (κ3) is 17.9. The van der Waals surface area contributed by atoms with Crippen LogP contribution in [0.5, 0.6) is 0 Å². The lowest BCUT2D eigenvalue weighted by molar-refractivity contribution is 0.358. The Bertz CT molecular complexity index is 72.1. The van der Waals surface area contributed by atoms with Gasteiger partial charge in [0.15, 0.2) is 0 Å². The number of hydrogen-bond acceptors (Lipinski definition) is 0. The average molecular weight is 202 g/mol. The maximum atomic E-state index is 2.35. The second-order valence-electron chi connectivity index (χ2n) is 4.19. The topological polar surface area (TPSA) is 0 Å². The lowest BCUT2D eigenvalue weighted by atomic mass is 9.91. The van der Waals surface area contributed by atoms with E-state index in [1.807, 2.05) is 27.7 Å². The molecule has 0 aliphatic carbocycles. The van der Waals surface area contributed by atoms with Gasteiger partial charge in [-0.25, -0.2) is 0 Å². The SMILES string of the molecule is CC.CC.CC(C)CCC(C)C(C)C. The molecule has 0 aromatic rings. The van der Waals surface area contributed by atoms with E-state index < -0.39 is 0 Å². The van der Waals surface area contributed by atoms with Crippen molar-refractivity contribution in [3.63, 3.8) is 0 Å². The smallest absolute Gasteiger partial charge is 0.0420 e. The summed E-state index contributed by atoms with van der Waals surface area (Å²) < 4.78 is 0. The Labute approximate surface area is 93.5 Å². The van der Waals surface area contributed by atoms with Crippen molar-refractivity contribution in [1.29, 1.82) is 0 Å². The van der Waals surface area contributed by atoms with Crippen LogP contribution in [0, 0.1) is 17.8 Å². The van der Waals surface area contributed by atoms with Crippen molar-refractivity contribution < 1.29 is 0 Å². The average Bonchev–Trinajstić information content (AvgIpc) is 2.20. The standard InChI is InChI=1S/C10H22.2C2H6/c1-8(2)6-7-10(5)9(3)4;2*1-2/h8-10H,6-7H2,1-5H3;2*1-2H3. The summed E-state index contributed by atoms with van der Waals surface area (Å²) in [4.78, 5) is 0. The molecule has 0 amide bonds. The highest BCUT2D eigenvalue weighted by Gasteiger charge is 2.06. The zero-order valence-corrected chi connectivity index (χ0v) is 12.1. The molecule has 0 saturated heterocycles. The van der Waals surface area contributed by atoms with Crippen LogP contribution in [0.25, 0.3) is 0 Å². The first-order valence-corrected chi connectivity index (χ1v) is 6.54. The van der Waals surface area contributed by atoms with E-state index in [4.69, 9.17) is 0 Å². The first-order valence-electron chi connectivity index (χ1n) is 6.54. The van der Waals surface area contributed by atoms with Gasteiger partial charge < -0.3 is 0 Å². The molecule has 0 aliphatic heterocycles. The Kier molecular flexibility index (Phi) is 21.6. The van der Waals surface area contributed by atoms with Gasteiger partial charge in [-0.2, -0.15) is 0 Å². The lowest BCUT2D eigenvalue weighted by Crippen LogP contribution is -2.04. The summed E-state index contributed by atoms with van der Waals surface area (Å²) in [6, 6.07) is 0. The van der Waals surface area contributed by atoms with E-state index in [0.29, 0.717) is 0 Å². The highest BCUT2D eigenvalue weighted by Crippen LogP contribution is 2.18. The Morgan fingerprint density at radius 1 is 0.643 bits per heavy atom. The van der Waals surface area contributed by atoms with Gasteiger partial charge in [0.1, 0.15) is 0 Å². The van der Waals surface area contributed by atoms with Crippen molar-refractivity contribution >= 4 is 0 Å². The number of rotatable bonds is 4. The van der Waals surface area contributed by atoms with E-state index in [2.05, 4.69) is 34.6 Å². The van der Waals surface area contributed by atoms with Gasteiger partial charge in [-0.1, -0.05) is 75.2 Å². The molecule has 0 N–H and O–H groups in total. The van der Waals surface area contributed by atoms with Crippen molar-refractivity contribution in [2.75, 3.05) is 0 Å². The summed E-state index contributed by atoms with van der Waals surface area (Å²) in [6.45, 7) is 19.6. The summed E-state index contributed by atoms with van der Waals surface area (Å²) >= 11 is 0. The van der Waals surface area contributed by atoms with Crippen LogP contribution in [0.4, 0.5) is 0 Å².